The lowest BCUT2D eigenvalue weighted by Crippen LogP contribution is -2.37. The van der Waals surface area contributed by atoms with Crippen LogP contribution >= 0.6 is 0 Å². The maximum atomic E-state index is 12.5. The summed E-state index contributed by atoms with van der Waals surface area (Å²) in [6, 6.07) is 21.2. The molecule has 3 nitrogen and oxygen atoms in total. The summed E-state index contributed by atoms with van der Waals surface area (Å²) >= 11 is 0. The zero-order valence-electron chi connectivity index (χ0n) is 17.8. The first-order valence-corrected chi connectivity index (χ1v) is 11.1. The van der Waals surface area contributed by atoms with Gasteiger partial charge in [-0.15, -0.1) is 0 Å². The van der Waals surface area contributed by atoms with Crippen LogP contribution in [0.1, 0.15) is 52.2 Å². The van der Waals surface area contributed by atoms with Gasteiger partial charge in [-0.2, -0.15) is 4.40 Å². The van der Waals surface area contributed by atoms with Gasteiger partial charge >= 0.3 is 0 Å². The van der Waals surface area contributed by atoms with E-state index in [9.17, 15) is 4.21 Å². The van der Waals surface area contributed by atoms with Gasteiger partial charge in [0.2, 0.25) is 0 Å². The second kappa shape index (κ2) is 10.7. The maximum Gasteiger partial charge on any atom is 0.144 e. The zero-order valence-corrected chi connectivity index (χ0v) is 18.7. The van der Waals surface area contributed by atoms with E-state index < -0.39 is 11.0 Å². The molecular formula is C24H34N2OS. The Hall–Kier alpha value is -1.78. The van der Waals surface area contributed by atoms with Gasteiger partial charge in [-0.05, 0) is 44.2 Å². The van der Waals surface area contributed by atoms with E-state index in [0.717, 1.165) is 19.5 Å². The first-order chi connectivity index (χ1) is 13.3. The molecule has 0 aliphatic rings. The van der Waals surface area contributed by atoms with Crippen molar-refractivity contribution in [3.63, 3.8) is 0 Å². The standard InChI is InChI=1S/C24H34N2OS/c1-20(2)16-23(17-25-28(27)24(3,4)5)26(18-21-12-8-6-9-13-21)19-22-14-10-7-11-15-22/h6-15,17,20,23H,16,18-19H2,1-5H3/b25-17+/t23-,28?/m0/s1. The minimum Gasteiger partial charge on any atom is -0.287 e. The molecule has 2 aromatic carbocycles. The first-order valence-electron chi connectivity index (χ1n) is 10.0. The molecular weight excluding hydrogens is 364 g/mol. The number of hydrogen-bond acceptors (Lipinski definition) is 2. The van der Waals surface area contributed by atoms with E-state index in [0.29, 0.717) is 5.92 Å². The van der Waals surface area contributed by atoms with Gasteiger partial charge in [-0.1, -0.05) is 74.5 Å². The van der Waals surface area contributed by atoms with E-state index in [1.807, 2.05) is 39.1 Å². The molecule has 0 aromatic heterocycles. The molecule has 0 radical (unpaired) electrons. The van der Waals surface area contributed by atoms with E-state index in [1.165, 1.54) is 11.1 Å². The van der Waals surface area contributed by atoms with E-state index in [2.05, 4.69) is 71.7 Å². The van der Waals surface area contributed by atoms with Crippen molar-refractivity contribution < 1.29 is 4.21 Å². The third-order valence-electron chi connectivity index (χ3n) is 4.49. The second-order valence-electron chi connectivity index (χ2n) is 8.69. The Morgan fingerprint density at radius 1 is 0.929 bits per heavy atom. The van der Waals surface area contributed by atoms with Crippen LogP contribution in [0.3, 0.4) is 0 Å². The molecule has 0 heterocycles. The second-order valence-corrected chi connectivity index (χ2v) is 10.6. The Labute approximate surface area is 173 Å². The van der Waals surface area contributed by atoms with Crippen LogP contribution < -0.4 is 0 Å². The topological polar surface area (TPSA) is 32.7 Å². The minimum absolute atomic E-state index is 0.131. The highest BCUT2D eigenvalue weighted by Crippen LogP contribution is 2.19. The van der Waals surface area contributed by atoms with Crippen LogP contribution in [0.4, 0.5) is 0 Å². The predicted molar refractivity (Wildman–Crippen MR) is 122 cm³/mol. The molecule has 0 saturated carbocycles. The Kier molecular flexibility index (Phi) is 8.58. The smallest absolute Gasteiger partial charge is 0.144 e. The van der Waals surface area contributed by atoms with Gasteiger partial charge < -0.3 is 0 Å². The highest BCUT2D eigenvalue weighted by atomic mass is 32.2. The minimum atomic E-state index is -1.24. The fraction of sp³-hybridized carbons (Fsp3) is 0.458. The SMILES string of the molecule is CC(C)C[C@@H](/C=N/S(=O)C(C)(C)C)N(Cc1ccccc1)Cc1ccccc1. The molecule has 28 heavy (non-hydrogen) atoms. The lowest BCUT2D eigenvalue weighted by atomic mass is 10.0. The molecule has 0 amide bonds. The molecule has 0 aliphatic carbocycles. The molecule has 2 aromatic rings. The summed E-state index contributed by atoms with van der Waals surface area (Å²) in [6.45, 7) is 12.0. The van der Waals surface area contributed by atoms with Crippen LogP contribution in [0.15, 0.2) is 65.1 Å². The largest absolute Gasteiger partial charge is 0.287 e. The number of rotatable bonds is 9. The molecule has 1 unspecified atom stereocenters. The summed E-state index contributed by atoms with van der Waals surface area (Å²) in [7, 11) is -1.24. The van der Waals surface area contributed by atoms with Crippen molar-refractivity contribution in [2.75, 3.05) is 0 Å². The quantitative estimate of drug-likeness (QED) is 0.512. The van der Waals surface area contributed by atoms with Crippen molar-refractivity contribution in [2.24, 2.45) is 10.3 Å². The van der Waals surface area contributed by atoms with Gasteiger partial charge in [0.25, 0.3) is 0 Å². The van der Waals surface area contributed by atoms with Crippen LogP contribution in [-0.4, -0.2) is 26.1 Å². The molecule has 152 valence electrons. The average Bonchev–Trinajstić information content (AvgIpc) is 2.65. The van der Waals surface area contributed by atoms with E-state index >= 15 is 0 Å². The lowest BCUT2D eigenvalue weighted by Gasteiger charge is -2.31. The molecule has 2 atom stereocenters. The van der Waals surface area contributed by atoms with Crippen LogP contribution in [0.25, 0.3) is 0 Å². The molecule has 0 spiro atoms. The zero-order chi connectivity index (χ0) is 20.6. The summed E-state index contributed by atoms with van der Waals surface area (Å²) < 4.78 is 16.6. The fourth-order valence-corrected chi connectivity index (χ4v) is 3.56. The van der Waals surface area contributed by atoms with Crippen molar-refractivity contribution in [3.05, 3.63) is 71.8 Å². The van der Waals surface area contributed by atoms with Crippen LogP contribution in [0.5, 0.6) is 0 Å². The van der Waals surface area contributed by atoms with Crippen LogP contribution in [0.2, 0.25) is 0 Å². The monoisotopic (exact) mass is 398 g/mol. The third-order valence-corrected chi connectivity index (χ3v) is 5.85. The van der Waals surface area contributed by atoms with Crippen LogP contribution in [0, 0.1) is 5.92 Å². The summed E-state index contributed by atoms with van der Waals surface area (Å²) in [6.07, 6.45) is 2.90. The highest BCUT2D eigenvalue weighted by Gasteiger charge is 2.22. The Morgan fingerprint density at radius 3 is 1.79 bits per heavy atom. The van der Waals surface area contributed by atoms with Crippen molar-refractivity contribution in [1.82, 2.24) is 4.90 Å². The average molecular weight is 399 g/mol. The molecule has 4 heteroatoms. The molecule has 2 rings (SSSR count). The number of hydrogen-bond donors (Lipinski definition) is 0. The van der Waals surface area contributed by atoms with Crippen LogP contribution in [-0.2, 0) is 24.1 Å². The van der Waals surface area contributed by atoms with E-state index in [1.54, 1.807) is 0 Å². The van der Waals surface area contributed by atoms with E-state index in [-0.39, 0.29) is 10.8 Å². The summed E-state index contributed by atoms with van der Waals surface area (Å²) in [4.78, 5) is 2.44. The summed E-state index contributed by atoms with van der Waals surface area (Å²) in [5, 5.41) is 0. The first kappa shape index (κ1) is 22.5. The van der Waals surface area contributed by atoms with Gasteiger partial charge in [0, 0.05) is 25.3 Å². The Morgan fingerprint density at radius 2 is 1.39 bits per heavy atom. The van der Waals surface area contributed by atoms with Gasteiger partial charge in [0.15, 0.2) is 0 Å². The Bertz CT molecular complexity index is 710. The summed E-state index contributed by atoms with van der Waals surface area (Å²) in [5.41, 5.74) is 2.55. The van der Waals surface area contributed by atoms with Crippen molar-refractivity contribution in [3.8, 4) is 0 Å². The third kappa shape index (κ3) is 7.69. The van der Waals surface area contributed by atoms with Gasteiger partial charge in [-0.25, -0.2) is 4.21 Å². The molecule has 0 aliphatic heterocycles. The van der Waals surface area contributed by atoms with Gasteiger partial charge in [0.05, 0.1) is 4.75 Å². The molecule has 0 N–H and O–H groups in total. The molecule has 0 fully saturated rings. The van der Waals surface area contributed by atoms with Crippen molar-refractivity contribution >= 4 is 17.2 Å². The molecule has 0 saturated heterocycles. The fourth-order valence-electron chi connectivity index (χ4n) is 3.00. The van der Waals surface area contributed by atoms with Gasteiger partial charge in [0.1, 0.15) is 11.0 Å². The predicted octanol–water partition coefficient (Wildman–Crippen LogP) is 5.64. The summed E-state index contributed by atoms with van der Waals surface area (Å²) in [5.74, 6) is 0.522. The van der Waals surface area contributed by atoms with Gasteiger partial charge in [-0.3, -0.25) is 4.90 Å². The normalized spacial score (nSPS) is 14.7. The van der Waals surface area contributed by atoms with Crippen molar-refractivity contribution in [2.45, 2.75) is 64.9 Å². The Balaban J connectivity index is 2.30. The molecule has 0 bridgehead atoms. The van der Waals surface area contributed by atoms with E-state index in [4.69, 9.17) is 0 Å². The number of benzene rings is 2. The number of nitrogens with zero attached hydrogens (tertiary/aromatic N) is 2. The maximum absolute atomic E-state index is 12.5. The van der Waals surface area contributed by atoms with Crippen molar-refractivity contribution in [1.29, 1.82) is 0 Å². The highest BCUT2D eigenvalue weighted by molar-refractivity contribution is 7.85. The lowest BCUT2D eigenvalue weighted by molar-refractivity contribution is 0.205.